The highest BCUT2D eigenvalue weighted by atomic mass is 32.2. The topological polar surface area (TPSA) is 90.3 Å². The van der Waals surface area contributed by atoms with Crippen molar-refractivity contribution in [3.8, 4) is 6.07 Å². The van der Waals surface area contributed by atoms with E-state index in [1.807, 2.05) is 38.1 Å². The zero-order valence-electron chi connectivity index (χ0n) is 15.0. The van der Waals surface area contributed by atoms with E-state index < -0.39 is 10.0 Å². The van der Waals surface area contributed by atoms with Gasteiger partial charge in [0.15, 0.2) is 0 Å². The second-order valence-corrected chi connectivity index (χ2v) is 7.99. The number of anilines is 2. The fraction of sp³-hybridized carbons (Fsp3) is 0.263. The number of hydrogen-bond donors (Lipinski definition) is 1. The molecule has 0 bridgehead atoms. The van der Waals surface area contributed by atoms with Crippen LogP contribution in [0.2, 0.25) is 0 Å². The van der Waals surface area contributed by atoms with Crippen LogP contribution in [0.3, 0.4) is 0 Å². The normalized spacial score (nSPS) is 10.8. The number of nitriles is 1. The molecule has 0 saturated carbocycles. The summed E-state index contributed by atoms with van der Waals surface area (Å²) in [5, 5.41) is 12.0. The zero-order valence-corrected chi connectivity index (χ0v) is 15.8. The molecule has 2 rings (SSSR count). The SMILES string of the molecule is Cc1ccc(C)c(NC(=O)CCN(c2ccccc2C#N)S(C)(=O)=O)c1. The van der Waals surface area contributed by atoms with Gasteiger partial charge in [-0.15, -0.1) is 0 Å². The molecule has 0 aliphatic rings. The van der Waals surface area contributed by atoms with Gasteiger partial charge in [0.2, 0.25) is 15.9 Å². The molecule has 0 aliphatic heterocycles. The third kappa shape index (κ3) is 4.83. The highest BCUT2D eigenvalue weighted by Gasteiger charge is 2.21. The molecule has 2 aromatic carbocycles. The number of sulfonamides is 1. The summed E-state index contributed by atoms with van der Waals surface area (Å²) in [5.41, 5.74) is 3.17. The Morgan fingerprint density at radius 3 is 2.54 bits per heavy atom. The summed E-state index contributed by atoms with van der Waals surface area (Å²) in [6.07, 6.45) is 1.03. The molecule has 6 nitrogen and oxygen atoms in total. The Kier molecular flexibility index (Phi) is 6.01. The van der Waals surface area contributed by atoms with Gasteiger partial charge in [0, 0.05) is 18.7 Å². The molecule has 1 amide bonds. The van der Waals surface area contributed by atoms with Gasteiger partial charge in [0.25, 0.3) is 0 Å². The summed E-state index contributed by atoms with van der Waals surface area (Å²) < 4.78 is 25.4. The molecular formula is C19H21N3O3S. The van der Waals surface area contributed by atoms with Crippen LogP contribution in [0.15, 0.2) is 42.5 Å². The smallest absolute Gasteiger partial charge is 0.232 e. The van der Waals surface area contributed by atoms with Crippen LogP contribution in [-0.2, 0) is 14.8 Å². The van der Waals surface area contributed by atoms with Gasteiger partial charge in [-0.2, -0.15) is 5.26 Å². The van der Waals surface area contributed by atoms with Gasteiger partial charge in [-0.25, -0.2) is 8.42 Å². The highest BCUT2D eigenvalue weighted by Crippen LogP contribution is 2.23. The number of aryl methyl sites for hydroxylation is 2. The minimum Gasteiger partial charge on any atom is -0.326 e. The average molecular weight is 371 g/mol. The highest BCUT2D eigenvalue weighted by molar-refractivity contribution is 7.92. The Morgan fingerprint density at radius 2 is 1.88 bits per heavy atom. The van der Waals surface area contributed by atoms with Crippen LogP contribution in [0.25, 0.3) is 0 Å². The summed E-state index contributed by atoms with van der Waals surface area (Å²) >= 11 is 0. The van der Waals surface area contributed by atoms with Crippen LogP contribution in [0.5, 0.6) is 0 Å². The molecule has 0 aromatic heterocycles. The van der Waals surface area contributed by atoms with E-state index in [0.717, 1.165) is 21.7 Å². The maximum atomic E-state index is 12.3. The van der Waals surface area contributed by atoms with Gasteiger partial charge in [0.1, 0.15) is 6.07 Å². The van der Waals surface area contributed by atoms with E-state index in [0.29, 0.717) is 5.69 Å². The van der Waals surface area contributed by atoms with Gasteiger partial charge >= 0.3 is 0 Å². The first-order valence-corrected chi connectivity index (χ1v) is 9.91. The maximum absolute atomic E-state index is 12.3. The van der Waals surface area contributed by atoms with E-state index in [-0.39, 0.29) is 30.1 Å². The van der Waals surface area contributed by atoms with E-state index in [1.54, 1.807) is 24.3 Å². The van der Waals surface area contributed by atoms with Crippen molar-refractivity contribution in [2.24, 2.45) is 0 Å². The molecule has 26 heavy (non-hydrogen) atoms. The fourth-order valence-corrected chi connectivity index (χ4v) is 3.48. The largest absolute Gasteiger partial charge is 0.326 e. The van der Waals surface area contributed by atoms with Crippen LogP contribution in [0, 0.1) is 25.2 Å². The Bertz CT molecular complexity index is 962. The predicted molar refractivity (Wildman–Crippen MR) is 103 cm³/mol. The standard InChI is InChI=1S/C19H21N3O3S/c1-14-8-9-15(2)17(12-14)21-19(23)10-11-22(26(3,24)25)18-7-5-4-6-16(18)13-20/h4-9,12H,10-11H2,1-3H3,(H,21,23). The lowest BCUT2D eigenvalue weighted by Crippen LogP contribution is -2.33. The molecule has 136 valence electrons. The number of rotatable bonds is 6. The monoisotopic (exact) mass is 371 g/mol. The molecule has 2 aromatic rings. The Morgan fingerprint density at radius 1 is 1.19 bits per heavy atom. The van der Waals surface area contributed by atoms with Crippen molar-refractivity contribution in [2.45, 2.75) is 20.3 Å². The van der Waals surface area contributed by atoms with Gasteiger partial charge in [-0.1, -0.05) is 24.3 Å². The van der Waals surface area contributed by atoms with Gasteiger partial charge < -0.3 is 5.32 Å². The van der Waals surface area contributed by atoms with E-state index in [9.17, 15) is 18.5 Å². The average Bonchev–Trinajstić information content (AvgIpc) is 2.57. The molecule has 0 unspecified atom stereocenters. The molecule has 0 radical (unpaired) electrons. The van der Waals surface area contributed by atoms with Crippen LogP contribution < -0.4 is 9.62 Å². The van der Waals surface area contributed by atoms with Crippen LogP contribution >= 0.6 is 0 Å². The number of para-hydroxylation sites is 1. The van der Waals surface area contributed by atoms with Gasteiger partial charge in [-0.3, -0.25) is 9.10 Å². The second-order valence-electron chi connectivity index (χ2n) is 6.08. The maximum Gasteiger partial charge on any atom is 0.232 e. The lowest BCUT2D eigenvalue weighted by molar-refractivity contribution is -0.116. The third-order valence-corrected chi connectivity index (χ3v) is 5.08. The first-order valence-electron chi connectivity index (χ1n) is 8.06. The molecule has 7 heteroatoms. The summed E-state index contributed by atoms with van der Waals surface area (Å²) in [5.74, 6) is -0.290. The molecule has 0 fully saturated rings. The Balaban J connectivity index is 2.17. The second kappa shape index (κ2) is 8.02. The summed E-state index contributed by atoms with van der Waals surface area (Å²) in [7, 11) is -3.63. The van der Waals surface area contributed by atoms with Crippen molar-refractivity contribution in [3.05, 3.63) is 59.2 Å². The number of amides is 1. The zero-order chi connectivity index (χ0) is 19.3. The van der Waals surface area contributed by atoms with Crippen molar-refractivity contribution in [1.82, 2.24) is 0 Å². The van der Waals surface area contributed by atoms with Crippen molar-refractivity contribution in [2.75, 3.05) is 22.4 Å². The number of nitrogens with one attached hydrogen (secondary N) is 1. The van der Waals surface area contributed by atoms with Gasteiger partial charge in [-0.05, 0) is 43.2 Å². The van der Waals surface area contributed by atoms with E-state index in [1.165, 1.54) is 0 Å². The molecule has 0 aliphatic carbocycles. The van der Waals surface area contributed by atoms with Crippen molar-refractivity contribution in [1.29, 1.82) is 5.26 Å². The molecular weight excluding hydrogens is 350 g/mol. The molecule has 0 heterocycles. The van der Waals surface area contributed by atoms with E-state index >= 15 is 0 Å². The molecule has 0 spiro atoms. The first-order chi connectivity index (χ1) is 12.2. The number of hydrogen-bond acceptors (Lipinski definition) is 4. The van der Waals surface area contributed by atoms with Crippen molar-refractivity contribution >= 4 is 27.3 Å². The molecule has 0 atom stereocenters. The number of nitrogens with zero attached hydrogens (tertiary/aromatic N) is 2. The van der Waals surface area contributed by atoms with Gasteiger partial charge in [0.05, 0.1) is 17.5 Å². The van der Waals surface area contributed by atoms with Crippen molar-refractivity contribution in [3.63, 3.8) is 0 Å². The van der Waals surface area contributed by atoms with Crippen LogP contribution in [0.1, 0.15) is 23.1 Å². The van der Waals surface area contributed by atoms with Crippen LogP contribution in [0.4, 0.5) is 11.4 Å². The summed E-state index contributed by atoms with van der Waals surface area (Å²) in [4.78, 5) is 12.3. The Hall–Kier alpha value is -2.85. The minimum absolute atomic E-state index is 0.0276. The van der Waals surface area contributed by atoms with Crippen LogP contribution in [-0.4, -0.2) is 27.1 Å². The minimum atomic E-state index is -3.63. The molecule has 1 N–H and O–H groups in total. The number of benzene rings is 2. The molecule has 0 saturated heterocycles. The van der Waals surface area contributed by atoms with E-state index in [2.05, 4.69) is 5.32 Å². The Labute approximate surface area is 154 Å². The summed E-state index contributed by atoms with van der Waals surface area (Å²) in [6.45, 7) is 3.77. The quantitative estimate of drug-likeness (QED) is 0.845. The first kappa shape index (κ1) is 19.5. The predicted octanol–water partition coefficient (Wildman–Crippen LogP) is 2.97. The third-order valence-electron chi connectivity index (χ3n) is 3.90. The van der Waals surface area contributed by atoms with E-state index in [4.69, 9.17) is 0 Å². The fourth-order valence-electron chi connectivity index (χ4n) is 2.54. The summed E-state index contributed by atoms with van der Waals surface area (Å²) in [6, 6.07) is 14.1. The lowest BCUT2D eigenvalue weighted by atomic mass is 10.1. The number of carbonyl (C=O) groups excluding carboxylic acids is 1. The van der Waals surface area contributed by atoms with Crippen molar-refractivity contribution < 1.29 is 13.2 Å². The lowest BCUT2D eigenvalue weighted by Gasteiger charge is -2.23. The number of carbonyl (C=O) groups is 1.